The molecule has 1 heteroatoms. The average molecular weight is 176 g/mol. The lowest BCUT2D eigenvalue weighted by molar-refractivity contribution is 0.281. The zero-order valence-corrected chi connectivity index (χ0v) is 8.09. The van der Waals surface area contributed by atoms with Crippen LogP contribution in [0.2, 0.25) is 0 Å². The highest BCUT2D eigenvalue weighted by Gasteiger charge is 2.15. The van der Waals surface area contributed by atoms with Crippen molar-refractivity contribution in [1.82, 2.24) is 0 Å². The van der Waals surface area contributed by atoms with E-state index in [1.165, 1.54) is 30.4 Å². The van der Waals surface area contributed by atoms with E-state index < -0.39 is 0 Å². The van der Waals surface area contributed by atoms with E-state index in [2.05, 4.69) is 19.1 Å². The largest absolute Gasteiger partial charge is 0.392 e. The number of aryl methyl sites for hydroxylation is 1. The van der Waals surface area contributed by atoms with Crippen LogP contribution in [0, 0.1) is 0 Å². The monoisotopic (exact) mass is 176 g/mol. The van der Waals surface area contributed by atoms with Crippen molar-refractivity contribution in [2.24, 2.45) is 0 Å². The number of rotatable bonds is 1. The van der Waals surface area contributed by atoms with E-state index in [9.17, 15) is 0 Å². The van der Waals surface area contributed by atoms with Gasteiger partial charge in [-0.15, -0.1) is 0 Å². The molecule has 0 saturated carbocycles. The maximum Gasteiger partial charge on any atom is 0.0681 e. The van der Waals surface area contributed by atoms with Gasteiger partial charge in [-0.3, -0.25) is 0 Å². The van der Waals surface area contributed by atoms with Crippen LogP contribution in [0.1, 0.15) is 42.4 Å². The van der Waals surface area contributed by atoms with Crippen LogP contribution in [0.3, 0.4) is 0 Å². The van der Waals surface area contributed by atoms with Crippen LogP contribution in [0.25, 0.3) is 0 Å². The third-order valence-electron chi connectivity index (χ3n) is 3.01. The molecule has 0 saturated heterocycles. The van der Waals surface area contributed by atoms with Crippen molar-refractivity contribution in [2.45, 2.75) is 38.7 Å². The fourth-order valence-electron chi connectivity index (χ4n) is 2.18. The lowest BCUT2D eigenvalue weighted by Crippen LogP contribution is -2.07. The summed E-state index contributed by atoms with van der Waals surface area (Å²) in [5.74, 6) is 0.676. The molecule has 0 heterocycles. The van der Waals surface area contributed by atoms with Gasteiger partial charge < -0.3 is 5.11 Å². The normalized spacial score (nSPS) is 21.2. The predicted octanol–water partition coefficient (Wildman–Crippen LogP) is 2.62. The Morgan fingerprint density at radius 2 is 2.31 bits per heavy atom. The van der Waals surface area contributed by atoms with E-state index in [0.29, 0.717) is 5.92 Å². The fraction of sp³-hybridized carbons (Fsp3) is 0.500. The maximum absolute atomic E-state index is 9.03. The molecule has 2 rings (SSSR count). The second-order valence-electron chi connectivity index (χ2n) is 3.98. The third kappa shape index (κ3) is 1.61. The van der Waals surface area contributed by atoms with Gasteiger partial charge in [0.2, 0.25) is 0 Å². The molecule has 1 N–H and O–H groups in total. The Morgan fingerprint density at radius 3 is 3.08 bits per heavy atom. The molecule has 0 amide bonds. The quantitative estimate of drug-likeness (QED) is 0.697. The first-order chi connectivity index (χ1) is 6.31. The number of hydrogen-bond donors (Lipinski definition) is 1. The van der Waals surface area contributed by atoms with Crippen LogP contribution in [0.5, 0.6) is 0 Å². The third-order valence-corrected chi connectivity index (χ3v) is 3.01. The van der Waals surface area contributed by atoms with Gasteiger partial charge >= 0.3 is 0 Å². The van der Waals surface area contributed by atoms with Crippen LogP contribution >= 0.6 is 0 Å². The first-order valence-electron chi connectivity index (χ1n) is 5.04. The van der Waals surface area contributed by atoms with E-state index >= 15 is 0 Å². The van der Waals surface area contributed by atoms with Crippen LogP contribution in [0.15, 0.2) is 18.2 Å². The molecule has 1 unspecified atom stereocenters. The summed E-state index contributed by atoms with van der Waals surface area (Å²) in [6.07, 6.45) is 3.82. The zero-order valence-electron chi connectivity index (χ0n) is 8.09. The minimum Gasteiger partial charge on any atom is -0.392 e. The van der Waals surface area contributed by atoms with Gasteiger partial charge in [-0.1, -0.05) is 25.1 Å². The number of hydrogen-bond acceptors (Lipinski definition) is 1. The number of aliphatic hydroxyl groups is 1. The van der Waals surface area contributed by atoms with Gasteiger partial charge in [-0.05, 0) is 41.9 Å². The molecule has 1 atom stereocenters. The van der Waals surface area contributed by atoms with Gasteiger partial charge in [0.1, 0.15) is 0 Å². The molecular formula is C12H16O. The van der Waals surface area contributed by atoms with Gasteiger partial charge in [0.05, 0.1) is 6.61 Å². The molecule has 1 aliphatic rings. The van der Waals surface area contributed by atoms with Gasteiger partial charge in [-0.25, -0.2) is 0 Å². The van der Waals surface area contributed by atoms with Gasteiger partial charge in [0.15, 0.2) is 0 Å². The molecule has 0 bridgehead atoms. The van der Waals surface area contributed by atoms with Crippen molar-refractivity contribution >= 4 is 0 Å². The average Bonchev–Trinajstić information content (AvgIpc) is 2.18. The highest BCUT2D eigenvalue weighted by molar-refractivity contribution is 5.35. The summed E-state index contributed by atoms with van der Waals surface area (Å²) in [6, 6.07) is 6.38. The van der Waals surface area contributed by atoms with E-state index in [1.807, 2.05) is 6.07 Å². The van der Waals surface area contributed by atoms with Crippen LogP contribution in [-0.2, 0) is 13.0 Å². The molecule has 1 nitrogen and oxygen atoms in total. The lowest BCUT2D eigenvalue weighted by Gasteiger charge is -2.22. The summed E-state index contributed by atoms with van der Waals surface area (Å²) in [5.41, 5.74) is 3.99. The molecule has 1 aliphatic carbocycles. The highest BCUT2D eigenvalue weighted by atomic mass is 16.3. The van der Waals surface area contributed by atoms with Crippen molar-refractivity contribution in [3.8, 4) is 0 Å². The second kappa shape index (κ2) is 3.51. The van der Waals surface area contributed by atoms with Crippen molar-refractivity contribution in [3.63, 3.8) is 0 Å². The summed E-state index contributed by atoms with van der Waals surface area (Å²) >= 11 is 0. The first-order valence-corrected chi connectivity index (χ1v) is 5.04. The highest BCUT2D eigenvalue weighted by Crippen LogP contribution is 2.31. The Hall–Kier alpha value is -0.820. The van der Waals surface area contributed by atoms with Crippen LogP contribution in [-0.4, -0.2) is 5.11 Å². The Morgan fingerprint density at radius 1 is 1.46 bits per heavy atom. The topological polar surface area (TPSA) is 20.2 Å². The molecule has 0 fully saturated rings. The van der Waals surface area contributed by atoms with Crippen LogP contribution < -0.4 is 0 Å². The second-order valence-corrected chi connectivity index (χ2v) is 3.98. The summed E-state index contributed by atoms with van der Waals surface area (Å²) in [7, 11) is 0. The van der Waals surface area contributed by atoms with Crippen LogP contribution in [0.4, 0.5) is 0 Å². The molecule has 70 valence electrons. The molecule has 0 aromatic heterocycles. The molecule has 13 heavy (non-hydrogen) atoms. The minimum atomic E-state index is 0.167. The van der Waals surface area contributed by atoms with Gasteiger partial charge in [0.25, 0.3) is 0 Å². The Kier molecular flexibility index (Phi) is 2.36. The van der Waals surface area contributed by atoms with E-state index in [1.54, 1.807) is 0 Å². The molecule has 1 aromatic carbocycles. The Labute approximate surface area is 79.4 Å². The van der Waals surface area contributed by atoms with Crippen molar-refractivity contribution in [3.05, 3.63) is 34.9 Å². The van der Waals surface area contributed by atoms with Gasteiger partial charge in [0, 0.05) is 0 Å². The smallest absolute Gasteiger partial charge is 0.0681 e. The predicted molar refractivity (Wildman–Crippen MR) is 53.7 cm³/mol. The fourth-order valence-corrected chi connectivity index (χ4v) is 2.18. The number of benzene rings is 1. The summed E-state index contributed by atoms with van der Waals surface area (Å²) in [4.78, 5) is 0. The van der Waals surface area contributed by atoms with Crippen molar-refractivity contribution in [1.29, 1.82) is 0 Å². The first kappa shape index (κ1) is 8.76. The molecule has 0 radical (unpaired) electrons. The van der Waals surface area contributed by atoms with E-state index in [0.717, 1.165) is 5.56 Å². The number of fused-ring (bicyclic) bond motifs is 1. The Bertz CT molecular complexity index is 304. The minimum absolute atomic E-state index is 0.167. The molecule has 1 aromatic rings. The molecule has 0 aliphatic heterocycles. The number of aliphatic hydroxyl groups excluding tert-OH is 1. The summed E-state index contributed by atoms with van der Waals surface area (Å²) < 4.78 is 0. The van der Waals surface area contributed by atoms with Crippen molar-refractivity contribution in [2.75, 3.05) is 0 Å². The molecular weight excluding hydrogens is 160 g/mol. The lowest BCUT2D eigenvalue weighted by atomic mass is 9.83. The zero-order chi connectivity index (χ0) is 9.26. The maximum atomic E-state index is 9.03. The Balaban J connectivity index is 2.41. The summed E-state index contributed by atoms with van der Waals surface area (Å²) in [5, 5.41) is 9.03. The molecule has 0 spiro atoms. The van der Waals surface area contributed by atoms with Crippen molar-refractivity contribution < 1.29 is 5.11 Å². The SMILES string of the molecule is CC1CCCc2ccc(CO)cc21. The van der Waals surface area contributed by atoms with E-state index in [4.69, 9.17) is 5.11 Å². The summed E-state index contributed by atoms with van der Waals surface area (Å²) in [6.45, 7) is 2.44. The standard InChI is InChI=1S/C12H16O/c1-9-3-2-4-11-6-5-10(8-13)7-12(9)11/h5-7,9,13H,2-4,8H2,1H3. The van der Waals surface area contributed by atoms with E-state index in [-0.39, 0.29) is 6.61 Å². The van der Waals surface area contributed by atoms with Gasteiger partial charge in [-0.2, -0.15) is 0 Å².